The lowest BCUT2D eigenvalue weighted by Gasteiger charge is -2.14. The van der Waals surface area contributed by atoms with Crippen LogP contribution in [0.25, 0.3) is 0 Å². The summed E-state index contributed by atoms with van der Waals surface area (Å²) in [6.45, 7) is 5.60. The number of amides is 2. The predicted molar refractivity (Wildman–Crippen MR) is 137 cm³/mol. The molecule has 2 aromatic carbocycles. The fourth-order valence-corrected chi connectivity index (χ4v) is 4.75. The second-order valence-corrected chi connectivity index (χ2v) is 9.35. The van der Waals surface area contributed by atoms with E-state index in [1.807, 2.05) is 13.8 Å². The van der Waals surface area contributed by atoms with Gasteiger partial charge in [0, 0.05) is 29.2 Å². The summed E-state index contributed by atoms with van der Waals surface area (Å²) < 4.78 is 13.1. The van der Waals surface area contributed by atoms with Crippen molar-refractivity contribution in [1.82, 2.24) is 9.55 Å². The number of ether oxygens (including phenoxy) is 2. The van der Waals surface area contributed by atoms with Gasteiger partial charge in [0.05, 0.1) is 31.2 Å². The third-order valence-electron chi connectivity index (χ3n) is 5.94. The fourth-order valence-electron chi connectivity index (χ4n) is 3.85. The van der Waals surface area contributed by atoms with Crippen LogP contribution in [0.3, 0.4) is 0 Å². The number of benzene rings is 2. The zero-order valence-electron chi connectivity index (χ0n) is 20.2. The first-order valence-electron chi connectivity index (χ1n) is 11.6. The Morgan fingerprint density at radius 3 is 2.43 bits per heavy atom. The average molecular weight is 495 g/mol. The van der Waals surface area contributed by atoms with Crippen molar-refractivity contribution in [3.63, 3.8) is 0 Å². The minimum absolute atomic E-state index is 0.132. The standard InChI is InChI=1S/C26H30N4O4S/c1-17-18(2)30(15-23-5-4-14-34-23)26(27-17)35-16-24(31)28-20-8-6-19(7-9-20)25(32)29-21-10-12-22(33-3)13-11-21/h6-13,23H,4-5,14-16H2,1-3H3,(H,28,31)(H,29,32). The fraction of sp³-hybridized carbons (Fsp3) is 0.346. The normalized spacial score (nSPS) is 15.1. The molecule has 3 aromatic rings. The van der Waals surface area contributed by atoms with Crippen LogP contribution in [0.15, 0.2) is 53.7 Å². The minimum atomic E-state index is -0.229. The van der Waals surface area contributed by atoms with Crippen LogP contribution in [-0.2, 0) is 16.1 Å². The number of nitrogens with zero attached hydrogens (tertiary/aromatic N) is 2. The molecule has 0 radical (unpaired) electrons. The molecule has 1 aliphatic rings. The van der Waals surface area contributed by atoms with Crippen LogP contribution in [0.5, 0.6) is 5.75 Å². The minimum Gasteiger partial charge on any atom is -0.497 e. The topological polar surface area (TPSA) is 94.5 Å². The van der Waals surface area contributed by atoms with Crippen LogP contribution >= 0.6 is 11.8 Å². The largest absolute Gasteiger partial charge is 0.497 e. The molecule has 2 heterocycles. The molecular weight excluding hydrogens is 464 g/mol. The van der Waals surface area contributed by atoms with E-state index in [1.165, 1.54) is 11.8 Å². The number of anilines is 2. The van der Waals surface area contributed by atoms with Crippen molar-refractivity contribution in [1.29, 1.82) is 0 Å². The Kier molecular flexibility index (Phi) is 8.09. The number of hydrogen-bond donors (Lipinski definition) is 2. The number of carbonyl (C=O) groups is 2. The van der Waals surface area contributed by atoms with Crippen molar-refractivity contribution in [2.45, 2.75) is 44.5 Å². The van der Waals surface area contributed by atoms with Crippen LogP contribution in [0.1, 0.15) is 34.6 Å². The van der Waals surface area contributed by atoms with Crippen LogP contribution < -0.4 is 15.4 Å². The molecule has 2 amide bonds. The maximum Gasteiger partial charge on any atom is 0.255 e. The Balaban J connectivity index is 1.30. The smallest absolute Gasteiger partial charge is 0.255 e. The molecule has 8 nitrogen and oxygen atoms in total. The van der Waals surface area contributed by atoms with Crippen molar-refractivity contribution in [3.05, 3.63) is 65.5 Å². The summed E-state index contributed by atoms with van der Waals surface area (Å²) in [5, 5.41) is 6.56. The van der Waals surface area contributed by atoms with Crippen LogP contribution in [0, 0.1) is 13.8 Å². The van der Waals surface area contributed by atoms with E-state index < -0.39 is 0 Å². The van der Waals surface area contributed by atoms with Gasteiger partial charge < -0.3 is 24.7 Å². The SMILES string of the molecule is COc1ccc(NC(=O)c2ccc(NC(=O)CSc3nc(C)c(C)n3CC3CCCO3)cc2)cc1. The highest BCUT2D eigenvalue weighted by atomic mass is 32.2. The molecule has 1 saturated heterocycles. The molecule has 0 bridgehead atoms. The predicted octanol–water partition coefficient (Wildman–Crippen LogP) is 4.67. The number of thioether (sulfide) groups is 1. The number of hydrogen-bond acceptors (Lipinski definition) is 6. The van der Waals surface area contributed by atoms with Crippen LogP contribution in [0.4, 0.5) is 11.4 Å². The van der Waals surface area contributed by atoms with E-state index in [2.05, 4.69) is 20.2 Å². The molecule has 9 heteroatoms. The van der Waals surface area contributed by atoms with Crippen molar-refractivity contribution in [3.8, 4) is 5.75 Å². The molecule has 1 aromatic heterocycles. The van der Waals surface area contributed by atoms with Gasteiger partial charge >= 0.3 is 0 Å². The van der Waals surface area contributed by atoms with Gasteiger partial charge in [-0.15, -0.1) is 0 Å². The molecule has 1 fully saturated rings. The van der Waals surface area contributed by atoms with Gasteiger partial charge in [-0.05, 0) is 75.2 Å². The first kappa shape index (κ1) is 24.8. The van der Waals surface area contributed by atoms with Crippen molar-refractivity contribution in [2.24, 2.45) is 0 Å². The third-order valence-corrected chi connectivity index (χ3v) is 6.92. The van der Waals surface area contributed by atoms with E-state index in [9.17, 15) is 9.59 Å². The Morgan fingerprint density at radius 1 is 1.09 bits per heavy atom. The molecule has 2 N–H and O–H groups in total. The second kappa shape index (κ2) is 11.4. The average Bonchev–Trinajstić information content (AvgIpc) is 3.47. The Labute approximate surface area is 209 Å². The first-order chi connectivity index (χ1) is 16.9. The maximum absolute atomic E-state index is 12.6. The lowest BCUT2D eigenvalue weighted by atomic mass is 10.2. The molecule has 4 rings (SSSR count). The molecule has 1 atom stereocenters. The lowest BCUT2D eigenvalue weighted by Crippen LogP contribution is -2.18. The summed E-state index contributed by atoms with van der Waals surface area (Å²) in [6.07, 6.45) is 2.34. The zero-order chi connectivity index (χ0) is 24.8. The molecule has 35 heavy (non-hydrogen) atoms. The Hall–Kier alpha value is -3.30. The summed E-state index contributed by atoms with van der Waals surface area (Å²) in [7, 11) is 1.59. The van der Waals surface area contributed by atoms with Crippen molar-refractivity contribution >= 4 is 35.0 Å². The van der Waals surface area contributed by atoms with Crippen LogP contribution in [-0.4, -0.2) is 46.9 Å². The van der Waals surface area contributed by atoms with Crippen molar-refractivity contribution < 1.29 is 19.1 Å². The van der Waals surface area contributed by atoms with Crippen LogP contribution in [0.2, 0.25) is 0 Å². The number of methoxy groups -OCH3 is 1. The second-order valence-electron chi connectivity index (χ2n) is 8.41. The van der Waals surface area contributed by atoms with Crippen molar-refractivity contribution in [2.75, 3.05) is 30.1 Å². The summed E-state index contributed by atoms with van der Waals surface area (Å²) >= 11 is 1.42. The number of nitrogens with one attached hydrogen (secondary N) is 2. The first-order valence-corrected chi connectivity index (χ1v) is 12.5. The molecule has 184 valence electrons. The Bertz CT molecular complexity index is 1170. The molecular formula is C26H30N4O4S. The molecule has 1 aliphatic heterocycles. The van der Waals surface area contributed by atoms with Gasteiger partial charge in [0.2, 0.25) is 5.91 Å². The maximum atomic E-state index is 12.6. The summed E-state index contributed by atoms with van der Waals surface area (Å²) in [6, 6.07) is 13.9. The van der Waals surface area contributed by atoms with E-state index in [0.29, 0.717) is 16.9 Å². The van der Waals surface area contributed by atoms with Gasteiger partial charge in [0.15, 0.2) is 5.16 Å². The molecule has 0 spiro atoms. The highest BCUT2D eigenvalue weighted by molar-refractivity contribution is 7.99. The van der Waals surface area contributed by atoms with Gasteiger partial charge in [-0.2, -0.15) is 0 Å². The third kappa shape index (κ3) is 6.43. The highest BCUT2D eigenvalue weighted by Gasteiger charge is 2.21. The van der Waals surface area contributed by atoms with Gasteiger partial charge in [0.25, 0.3) is 5.91 Å². The van der Waals surface area contributed by atoms with Gasteiger partial charge in [0.1, 0.15) is 5.75 Å². The summed E-state index contributed by atoms with van der Waals surface area (Å²) in [5.41, 5.74) is 3.87. The zero-order valence-corrected chi connectivity index (χ0v) is 21.0. The van der Waals surface area contributed by atoms with E-state index in [0.717, 1.165) is 48.3 Å². The number of aromatic nitrogens is 2. The molecule has 0 saturated carbocycles. The van der Waals surface area contributed by atoms with E-state index >= 15 is 0 Å². The number of carbonyl (C=O) groups excluding carboxylic acids is 2. The monoisotopic (exact) mass is 494 g/mol. The quantitative estimate of drug-likeness (QED) is 0.420. The number of aryl methyl sites for hydroxylation is 1. The summed E-state index contributed by atoms with van der Waals surface area (Å²) in [4.78, 5) is 29.7. The van der Waals surface area contributed by atoms with Gasteiger partial charge in [-0.3, -0.25) is 9.59 Å². The Morgan fingerprint density at radius 2 is 1.77 bits per heavy atom. The molecule has 0 aliphatic carbocycles. The lowest BCUT2D eigenvalue weighted by molar-refractivity contribution is -0.113. The van der Waals surface area contributed by atoms with E-state index in [4.69, 9.17) is 9.47 Å². The highest BCUT2D eigenvalue weighted by Crippen LogP contribution is 2.24. The number of imidazole rings is 1. The van der Waals surface area contributed by atoms with Gasteiger partial charge in [-0.25, -0.2) is 4.98 Å². The summed E-state index contributed by atoms with van der Waals surface area (Å²) in [5.74, 6) is 0.597. The van der Waals surface area contributed by atoms with E-state index in [1.54, 1.807) is 55.6 Å². The number of rotatable bonds is 9. The van der Waals surface area contributed by atoms with Gasteiger partial charge in [-0.1, -0.05) is 11.8 Å². The van der Waals surface area contributed by atoms with E-state index in [-0.39, 0.29) is 23.7 Å². The molecule has 1 unspecified atom stereocenters.